The van der Waals surface area contributed by atoms with E-state index in [0.29, 0.717) is 12.1 Å². The lowest BCUT2D eigenvalue weighted by molar-refractivity contribution is -0.384. The van der Waals surface area contributed by atoms with Crippen LogP contribution in [0.5, 0.6) is 0 Å². The predicted molar refractivity (Wildman–Crippen MR) is 92.2 cm³/mol. The van der Waals surface area contributed by atoms with E-state index in [-0.39, 0.29) is 11.5 Å². The van der Waals surface area contributed by atoms with Gasteiger partial charge >= 0.3 is 0 Å². The van der Waals surface area contributed by atoms with Gasteiger partial charge in [-0.3, -0.25) is 19.6 Å². The van der Waals surface area contributed by atoms with Gasteiger partial charge in [-0.05, 0) is 56.3 Å². The van der Waals surface area contributed by atoms with Gasteiger partial charge < -0.3 is 0 Å². The summed E-state index contributed by atoms with van der Waals surface area (Å²) in [7, 11) is 0. The van der Waals surface area contributed by atoms with Crippen molar-refractivity contribution in [3.05, 3.63) is 64.2 Å². The first-order chi connectivity index (χ1) is 12.1. The van der Waals surface area contributed by atoms with Crippen LogP contribution in [0.1, 0.15) is 18.7 Å². The number of non-ortho nitro benzene ring substituents is 1. The molecule has 4 rings (SSSR count). The predicted octanol–water partition coefficient (Wildman–Crippen LogP) is 3.67. The molecule has 0 radical (unpaired) electrons. The maximum absolute atomic E-state index is 13.3. The zero-order valence-corrected chi connectivity index (χ0v) is 13.6. The summed E-state index contributed by atoms with van der Waals surface area (Å²) >= 11 is 0. The average molecular weight is 340 g/mol. The second-order valence-corrected chi connectivity index (χ2v) is 6.25. The highest BCUT2D eigenvalue weighted by atomic mass is 19.1. The molecule has 0 aliphatic carbocycles. The maximum Gasteiger partial charge on any atom is 0.271 e. The van der Waals surface area contributed by atoms with Gasteiger partial charge in [0.1, 0.15) is 11.6 Å². The minimum Gasteiger partial charge on any atom is -0.296 e. The minimum absolute atomic E-state index is 0.0176. The van der Waals surface area contributed by atoms with Crippen molar-refractivity contribution in [3.8, 4) is 5.69 Å². The summed E-state index contributed by atoms with van der Waals surface area (Å²) in [5, 5.41) is 11.0. The van der Waals surface area contributed by atoms with Gasteiger partial charge in [-0.1, -0.05) is 0 Å². The molecule has 0 bridgehead atoms. The molecule has 2 aromatic carbocycles. The Balaban J connectivity index is 1.86. The van der Waals surface area contributed by atoms with Crippen LogP contribution in [0.4, 0.5) is 10.1 Å². The lowest BCUT2D eigenvalue weighted by atomic mass is 10.2. The van der Waals surface area contributed by atoms with E-state index < -0.39 is 4.92 Å². The molecule has 0 spiro atoms. The molecule has 0 unspecified atom stereocenters. The fourth-order valence-electron chi connectivity index (χ4n) is 3.36. The Morgan fingerprint density at radius 1 is 1.12 bits per heavy atom. The molecule has 1 aromatic heterocycles. The quantitative estimate of drug-likeness (QED) is 0.537. The largest absolute Gasteiger partial charge is 0.296 e. The van der Waals surface area contributed by atoms with Crippen LogP contribution in [0.25, 0.3) is 16.7 Å². The number of aromatic nitrogens is 2. The molecule has 7 heteroatoms. The molecule has 128 valence electrons. The molecular weight excluding hydrogens is 323 g/mol. The Morgan fingerprint density at radius 2 is 1.84 bits per heavy atom. The van der Waals surface area contributed by atoms with E-state index in [4.69, 9.17) is 0 Å². The number of hydrogen-bond acceptors (Lipinski definition) is 4. The van der Waals surface area contributed by atoms with E-state index in [1.165, 1.54) is 37.1 Å². The summed E-state index contributed by atoms with van der Waals surface area (Å²) in [6.45, 7) is 2.71. The number of nitro groups is 1. The third kappa shape index (κ3) is 2.98. The normalized spacial score (nSPS) is 15.1. The zero-order chi connectivity index (χ0) is 17.4. The number of rotatable bonds is 4. The van der Waals surface area contributed by atoms with Gasteiger partial charge in [-0.15, -0.1) is 0 Å². The Morgan fingerprint density at radius 3 is 2.52 bits per heavy atom. The highest BCUT2D eigenvalue weighted by molar-refractivity contribution is 5.80. The number of nitrogens with zero attached hydrogens (tertiary/aromatic N) is 4. The first-order valence-electron chi connectivity index (χ1n) is 8.26. The van der Waals surface area contributed by atoms with Crippen LogP contribution in [0.3, 0.4) is 0 Å². The number of imidazole rings is 1. The van der Waals surface area contributed by atoms with Gasteiger partial charge in [0.2, 0.25) is 0 Å². The summed E-state index contributed by atoms with van der Waals surface area (Å²) in [6, 6.07) is 10.9. The van der Waals surface area contributed by atoms with Crippen LogP contribution in [-0.2, 0) is 6.54 Å². The fraction of sp³-hybridized carbons (Fsp3) is 0.278. The van der Waals surface area contributed by atoms with E-state index in [9.17, 15) is 14.5 Å². The molecule has 1 aliphatic rings. The molecular formula is C18H17FN4O2. The standard InChI is InChI=1S/C18H17FN4O2/c19-13-3-5-14(6-4-13)22-17-8-7-15(23(24)25)11-16(17)20-18(22)12-21-9-1-2-10-21/h3-8,11H,1-2,9-10,12H2. The average Bonchev–Trinajstić information content (AvgIpc) is 3.22. The van der Waals surface area contributed by atoms with Gasteiger partial charge in [-0.25, -0.2) is 9.37 Å². The monoisotopic (exact) mass is 340 g/mol. The van der Waals surface area contributed by atoms with Crippen LogP contribution in [-0.4, -0.2) is 32.5 Å². The highest BCUT2D eigenvalue weighted by Gasteiger charge is 2.19. The van der Waals surface area contributed by atoms with E-state index in [1.54, 1.807) is 18.2 Å². The number of benzene rings is 2. The second-order valence-electron chi connectivity index (χ2n) is 6.25. The van der Waals surface area contributed by atoms with Crippen LogP contribution < -0.4 is 0 Å². The van der Waals surface area contributed by atoms with Crippen molar-refractivity contribution in [2.75, 3.05) is 13.1 Å². The fourth-order valence-corrected chi connectivity index (χ4v) is 3.36. The number of likely N-dealkylation sites (tertiary alicyclic amines) is 1. The van der Waals surface area contributed by atoms with Crippen LogP contribution >= 0.6 is 0 Å². The molecule has 1 fully saturated rings. The molecule has 1 aliphatic heterocycles. The number of nitro benzene ring substituents is 1. The van der Waals surface area contributed by atoms with E-state index in [1.807, 2.05) is 4.57 Å². The van der Waals surface area contributed by atoms with Crippen molar-refractivity contribution >= 4 is 16.7 Å². The lowest BCUT2D eigenvalue weighted by Gasteiger charge is -2.16. The van der Waals surface area contributed by atoms with Crippen molar-refractivity contribution in [2.45, 2.75) is 19.4 Å². The Bertz CT molecular complexity index is 930. The molecule has 0 N–H and O–H groups in total. The van der Waals surface area contributed by atoms with Crippen molar-refractivity contribution in [2.24, 2.45) is 0 Å². The Labute approximate surface area is 143 Å². The number of halogens is 1. The summed E-state index contributed by atoms with van der Waals surface area (Å²) < 4.78 is 15.3. The number of fused-ring (bicyclic) bond motifs is 1. The topological polar surface area (TPSA) is 64.2 Å². The molecule has 1 saturated heterocycles. The first-order valence-corrected chi connectivity index (χ1v) is 8.26. The molecule has 0 atom stereocenters. The van der Waals surface area contributed by atoms with Gasteiger partial charge in [0.25, 0.3) is 5.69 Å². The summed E-state index contributed by atoms with van der Waals surface area (Å²) in [5.41, 5.74) is 2.18. The van der Waals surface area contributed by atoms with Crippen molar-refractivity contribution in [1.82, 2.24) is 14.5 Å². The third-order valence-electron chi connectivity index (χ3n) is 4.57. The van der Waals surface area contributed by atoms with Crippen molar-refractivity contribution < 1.29 is 9.31 Å². The molecule has 25 heavy (non-hydrogen) atoms. The van der Waals surface area contributed by atoms with Crippen molar-refractivity contribution in [3.63, 3.8) is 0 Å². The first kappa shape index (κ1) is 15.7. The van der Waals surface area contributed by atoms with E-state index in [2.05, 4.69) is 9.88 Å². The van der Waals surface area contributed by atoms with Gasteiger partial charge in [0.05, 0.1) is 22.5 Å². The SMILES string of the molecule is O=[N+]([O-])c1ccc2c(c1)nc(CN1CCCC1)n2-c1ccc(F)cc1. The maximum atomic E-state index is 13.3. The van der Waals surface area contributed by atoms with Crippen LogP contribution in [0.2, 0.25) is 0 Å². The van der Waals surface area contributed by atoms with E-state index >= 15 is 0 Å². The van der Waals surface area contributed by atoms with Gasteiger partial charge in [-0.2, -0.15) is 0 Å². The molecule has 0 amide bonds. The summed E-state index contributed by atoms with van der Waals surface area (Å²) in [6.07, 6.45) is 2.34. The van der Waals surface area contributed by atoms with Gasteiger partial charge in [0, 0.05) is 17.8 Å². The van der Waals surface area contributed by atoms with E-state index in [0.717, 1.165) is 30.1 Å². The minimum atomic E-state index is -0.420. The molecule has 3 aromatic rings. The highest BCUT2D eigenvalue weighted by Crippen LogP contribution is 2.26. The number of hydrogen-bond donors (Lipinski definition) is 0. The third-order valence-corrected chi connectivity index (χ3v) is 4.57. The summed E-state index contributed by atoms with van der Waals surface area (Å²) in [5.74, 6) is 0.508. The van der Waals surface area contributed by atoms with Crippen LogP contribution in [0.15, 0.2) is 42.5 Å². The van der Waals surface area contributed by atoms with Crippen LogP contribution in [0, 0.1) is 15.9 Å². The molecule has 0 saturated carbocycles. The molecule has 2 heterocycles. The Kier molecular flexibility index (Phi) is 3.93. The Hall–Kier alpha value is -2.80. The lowest BCUT2D eigenvalue weighted by Crippen LogP contribution is -2.21. The smallest absolute Gasteiger partial charge is 0.271 e. The van der Waals surface area contributed by atoms with Gasteiger partial charge in [0.15, 0.2) is 0 Å². The second kappa shape index (κ2) is 6.25. The zero-order valence-electron chi connectivity index (χ0n) is 13.6. The summed E-state index contributed by atoms with van der Waals surface area (Å²) in [4.78, 5) is 17.6. The molecule has 6 nitrogen and oxygen atoms in total. The van der Waals surface area contributed by atoms with Crippen molar-refractivity contribution in [1.29, 1.82) is 0 Å².